The Bertz CT molecular complexity index is 424. The highest BCUT2D eigenvalue weighted by Gasteiger charge is 2.33. The lowest BCUT2D eigenvalue weighted by atomic mass is 9.90. The first-order valence-corrected chi connectivity index (χ1v) is 6.57. The first kappa shape index (κ1) is 13.8. The minimum atomic E-state index is -0.468. The molecule has 104 valence electrons. The number of hydrogen-bond acceptors (Lipinski definition) is 4. The van der Waals surface area contributed by atoms with Crippen LogP contribution in [0.3, 0.4) is 0 Å². The summed E-state index contributed by atoms with van der Waals surface area (Å²) in [6, 6.07) is 9.62. The third-order valence-electron chi connectivity index (χ3n) is 3.48. The monoisotopic (exact) mass is 263 g/mol. The van der Waals surface area contributed by atoms with Crippen LogP contribution in [0.25, 0.3) is 0 Å². The second-order valence-electron chi connectivity index (χ2n) is 5.13. The standard InChI is InChI=1S/C14H21N3O2/c15-10-14(16)7-4-8-17(11-14)13(18)19-9-12-5-2-1-3-6-12/h1-3,5-6H,4,7-11,15-16H2. The Hall–Kier alpha value is -1.59. The summed E-state index contributed by atoms with van der Waals surface area (Å²) >= 11 is 0. The average molecular weight is 263 g/mol. The zero-order valence-corrected chi connectivity index (χ0v) is 11.0. The molecule has 0 aromatic heterocycles. The van der Waals surface area contributed by atoms with Crippen molar-refractivity contribution in [1.29, 1.82) is 0 Å². The van der Waals surface area contributed by atoms with Gasteiger partial charge in [-0.15, -0.1) is 0 Å². The molecule has 5 nitrogen and oxygen atoms in total. The predicted octanol–water partition coefficient (Wildman–Crippen LogP) is 1.08. The molecular formula is C14H21N3O2. The summed E-state index contributed by atoms with van der Waals surface area (Å²) in [6.07, 6.45) is 1.41. The number of carbonyl (C=O) groups is 1. The first-order valence-electron chi connectivity index (χ1n) is 6.57. The molecule has 0 spiro atoms. The second kappa shape index (κ2) is 6.04. The predicted molar refractivity (Wildman–Crippen MR) is 73.4 cm³/mol. The van der Waals surface area contributed by atoms with Crippen molar-refractivity contribution in [3.8, 4) is 0 Å². The van der Waals surface area contributed by atoms with Gasteiger partial charge >= 0.3 is 6.09 Å². The molecule has 1 amide bonds. The molecule has 1 aliphatic heterocycles. The number of nitrogens with zero attached hydrogens (tertiary/aromatic N) is 1. The van der Waals surface area contributed by atoms with Gasteiger partial charge in [-0.2, -0.15) is 0 Å². The Balaban J connectivity index is 1.86. The van der Waals surface area contributed by atoms with E-state index in [1.165, 1.54) is 0 Å². The minimum Gasteiger partial charge on any atom is -0.445 e. The zero-order chi connectivity index (χ0) is 13.7. The summed E-state index contributed by atoms with van der Waals surface area (Å²) < 4.78 is 5.30. The van der Waals surface area contributed by atoms with E-state index in [4.69, 9.17) is 16.2 Å². The average Bonchev–Trinajstić information content (AvgIpc) is 2.46. The number of piperidine rings is 1. The van der Waals surface area contributed by atoms with Crippen LogP contribution in [0.2, 0.25) is 0 Å². The maximum absolute atomic E-state index is 12.0. The normalized spacial score (nSPS) is 23.2. The van der Waals surface area contributed by atoms with Crippen molar-refractivity contribution < 1.29 is 9.53 Å². The van der Waals surface area contributed by atoms with E-state index in [0.717, 1.165) is 18.4 Å². The van der Waals surface area contributed by atoms with Gasteiger partial charge in [0.15, 0.2) is 0 Å². The largest absolute Gasteiger partial charge is 0.445 e. The number of hydrogen-bond donors (Lipinski definition) is 2. The number of nitrogens with two attached hydrogens (primary N) is 2. The summed E-state index contributed by atoms with van der Waals surface area (Å²) in [4.78, 5) is 13.6. The summed E-state index contributed by atoms with van der Waals surface area (Å²) in [6.45, 7) is 1.83. The highest BCUT2D eigenvalue weighted by Crippen LogP contribution is 2.18. The van der Waals surface area contributed by atoms with Gasteiger partial charge in [0.2, 0.25) is 0 Å². The topological polar surface area (TPSA) is 81.6 Å². The Morgan fingerprint density at radius 1 is 1.37 bits per heavy atom. The molecule has 19 heavy (non-hydrogen) atoms. The van der Waals surface area contributed by atoms with Crippen molar-refractivity contribution in [2.45, 2.75) is 25.0 Å². The van der Waals surface area contributed by atoms with Crippen molar-refractivity contribution >= 4 is 6.09 Å². The Morgan fingerprint density at radius 2 is 2.11 bits per heavy atom. The molecule has 1 aromatic rings. The van der Waals surface area contributed by atoms with Crippen molar-refractivity contribution in [3.63, 3.8) is 0 Å². The fourth-order valence-corrected chi connectivity index (χ4v) is 2.29. The second-order valence-corrected chi connectivity index (χ2v) is 5.13. The van der Waals surface area contributed by atoms with E-state index in [1.807, 2.05) is 30.3 Å². The van der Waals surface area contributed by atoms with Gasteiger partial charge in [-0.25, -0.2) is 4.79 Å². The highest BCUT2D eigenvalue weighted by atomic mass is 16.6. The van der Waals surface area contributed by atoms with Crippen LogP contribution in [-0.4, -0.2) is 36.2 Å². The molecule has 2 rings (SSSR count). The van der Waals surface area contributed by atoms with E-state index in [1.54, 1.807) is 4.90 Å². The van der Waals surface area contributed by atoms with Crippen LogP contribution < -0.4 is 11.5 Å². The van der Waals surface area contributed by atoms with Crippen LogP contribution in [-0.2, 0) is 11.3 Å². The molecule has 1 atom stereocenters. The fraction of sp³-hybridized carbons (Fsp3) is 0.500. The van der Waals surface area contributed by atoms with Gasteiger partial charge in [0.05, 0.1) is 0 Å². The van der Waals surface area contributed by atoms with Crippen LogP contribution in [0.15, 0.2) is 30.3 Å². The lowest BCUT2D eigenvalue weighted by Gasteiger charge is -2.38. The van der Waals surface area contributed by atoms with Crippen LogP contribution >= 0.6 is 0 Å². The summed E-state index contributed by atoms with van der Waals surface area (Å²) in [5.41, 5.74) is 12.3. The number of carbonyl (C=O) groups excluding carboxylic acids is 1. The molecule has 0 saturated carbocycles. The zero-order valence-electron chi connectivity index (χ0n) is 11.0. The van der Waals surface area contributed by atoms with Crippen molar-refractivity contribution in [1.82, 2.24) is 4.90 Å². The van der Waals surface area contributed by atoms with Crippen LogP contribution in [0.5, 0.6) is 0 Å². The van der Waals surface area contributed by atoms with E-state index >= 15 is 0 Å². The molecule has 1 heterocycles. The highest BCUT2D eigenvalue weighted by molar-refractivity contribution is 5.68. The van der Waals surface area contributed by atoms with E-state index in [2.05, 4.69) is 0 Å². The molecule has 4 N–H and O–H groups in total. The Kier molecular flexibility index (Phi) is 4.39. The number of rotatable bonds is 3. The molecule has 0 radical (unpaired) electrons. The number of benzene rings is 1. The minimum absolute atomic E-state index is 0.288. The van der Waals surface area contributed by atoms with Gasteiger partial charge in [0, 0.05) is 25.2 Å². The SMILES string of the molecule is NCC1(N)CCCN(C(=O)OCc2ccccc2)C1. The molecule has 1 aromatic carbocycles. The molecule has 0 aliphatic carbocycles. The van der Waals surface area contributed by atoms with E-state index in [-0.39, 0.29) is 12.7 Å². The molecule has 0 bridgehead atoms. The molecule has 5 heteroatoms. The number of ether oxygens (including phenoxy) is 1. The van der Waals surface area contributed by atoms with E-state index in [9.17, 15) is 4.79 Å². The lowest BCUT2D eigenvalue weighted by molar-refractivity contribution is 0.0745. The van der Waals surface area contributed by atoms with Gasteiger partial charge < -0.3 is 21.1 Å². The lowest BCUT2D eigenvalue weighted by Crippen LogP contribution is -2.59. The van der Waals surface area contributed by atoms with Crippen LogP contribution in [0.1, 0.15) is 18.4 Å². The first-order chi connectivity index (χ1) is 9.13. The van der Waals surface area contributed by atoms with Gasteiger partial charge in [-0.05, 0) is 18.4 Å². The van der Waals surface area contributed by atoms with E-state index < -0.39 is 5.54 Å². The third-order valence-corrected chi connectivity index (χ3v) is 3.48. The molecule has 1 aliphatic rings. The number of likely N-dealkylation sites (tertiary alicyclic amines) is 1. The Morgan fingerprint density at radius 3 is 2.79 bits per heavy atom. The molecule has 1 unspecified atom stereocenters. The van der Waals surface area contributed by atoms with Crippen molar-refractivity contribution in [3.05, 3.63) is 35.9 Å². The maximum atomic E-state index is 12.0. The quantitative estimate of drug-likeness (QED) is 0.855. The van der Waals surface area contributed by atoms with Crippen molar-refractivity contribution in [2.75, 3.05) is 19.6 Å². The maximum Gasteiger partial charge on any atom is 0.410 e. The fourth-order valence-electron chi connectivity index (χ4n) is 2.29. The van der Waals surface area contributed by atoms with Gasteiger partial charge in [0.25, 0.3) is 0 Å². The molecule has 1 fully saturated rings. The van der Waals surface area contributed by atoms with E-state index in [0.29, 0.717) is 19.6 Å². The van der Waals surface area contributed by atoms with Gasteiger partial charge in [0.1, 0.15) is 6.61 Å². The summed E-state index contributed by atoms with van der Waals surface area (Å²) in [5, 5.41) is 0. The van der Waals surface area contributed by atoms with Crippen molar-refractivity contribution in [2.24, 2.45) is 11.5 Å². The summed E-state index contributed by atoms with van der Waals surface area (Å²) in [7, 11) is 0. The van der Waals surface area contributed by atoms with Crippen LogP contribution in [0.4, 0.5) is 4.79 Å². The number of amides is 1. The van der Waals surface area contributed by atoms with Crippen LogP contribution in [0, 0.1) is 0 Å². The van der Waals surface area contributed by atoms with Gasteiger partial charge in [-0.3, -0.25) is 0 Å². The molecular weight excluding hydrogens is 242 g/mol. The third kappa shape index (κ3) is 3.68. The smallest absolute Gasteiger partial charge is 0.410 e. The summed E-state index contributed by atoms with van der Waals surface area (Å²) in [5.74, 6) is 0. The Labute approximate surface area is 113 Å². The molecule has 1 saturated heterocycles. The van der Waals surface area contributed by atoms with Gasteiger partial charge in [-0.1, -0.05) is 30.3 Å².